The molecule has 0 fully saturated rings. The summed E-state index contributed by atoms with van der Waals surface area (Å²) in [5, 5.41) is 13.0. The highest BCUT2D eigenvalue weighted by molar-refractivity contribution is 7.98. The quantitative estimate of drug-likeness (QED) is 0.479. The minimum atomic E-state index is 0.699. The van der Waals surface area contributed by atoms with Crippen LogP contribution in [0, 0.1) is 13.8 Å². The molecule has 4 rings (SSSR count). The molecule has 0 saturated heterocycles. The first-order valence-electron chi connectivity index (χ1n) is 8.74. The first kappa shape index (κ1) is 17.5. The second kappa shape index (κ2) is 7.75. The number of hydrogen-bond donors (Lipinski definition) is 0. The molecule has 7 heteroatoms. The highest BCUT2D eigenvalue weighted by Gasteiger charge is 2.13. The zero-order valence-electron chi connectivity index (χ0n) is 15.3. The van der Waals surface area contributed by atoms with Gasteiger partial charge in [-0.05, 0) is 47.0 Å². The molecule has 0 atom stereocenters. The van der Waals surface area contributed by atoms with Gasteiger partial charge < -0.3 is 4.57 Å². The SMILES string of the molecule is Cc1cccc(-n2nnnc2SCc2nccn2Cc2ccccc2)c1C. The van der Waals surface area contributed by atoms with Crippen molar-refractivity contribution in [2.75, 3.05) is 0 Å². The Hall–Kier alpha value is -2.93. The van der Waals surface area contributed by atoms with Gasteiger partial charge in [-0.3, -0.25) is 0 Å². The summed E-state index contributed by atoms with van der Waals surface area (Å²) >= 11 is 1.59. The lowest BCUT2D eigenvalue weighted by molar-refractivity contribution is 0.744. The molecule has 0 unspecified atom stereocenters. The van der Waals surface area contributed by atoms with Crippen molar-refractivity contribution in [2.45, 2.75) is 31.3 Å². The third-order valence-corrected chi connectivity index (χ3v) is 5.49. The van der Waals surface area contributed by atoms with Crippen LogP contribution < -0.4 is 0 Å². The molecule has 2 aromatic heterocycles. The van der Waals surface area contributed by atoms with E-state index in [4.69, 9.17) is 0 Å². The Labute approximate surface area is 162 Å². The second-order valence-electron chi connectivity index (χ2n) is 6.34. The van der Waals surface area contributed by atoms with E-state index >= 15 is 0 Å². The average molecular weight is 376 g/mol. The predicted molar refractivity (Wildman–Crippen MR) is 106 cm³/mol. The van der Waals surface area contributed by atoms with E-state index in [0.717, 1.165) is 23.2 Å². The van der Waals surface area contributed by atoms with Crippen molar-refractivity contribution in [3.8, 4) is 5.69 Å². The molecule has 0 aliphatic heterocycles. The average Bonchev–Trinajstić information content (AvgIpc) is 3.32. The van der Waals surface area contributed by atoms with E-state index in [9.17, 15) is 0 Å². The number of hydrogen-bond acceptors (Lipinski definition) is 5. The fourth-order valence-electron chi connectivity index (χ4n) is 2.92. The molecule has 6 nitrogen and oxygen atoms in total. The van der Waals surface area contributed by atoms with Crippen LogP contribution in [-0.2, 0) is 12.3 Å². The fourth-order valence-corrected chi connectivity index (χ4v) is 3.77. The molecule has 0 aliphatic rings. The lowest BCUT2D eigenvalue weighted by Crippen LogP contribution is -2.05. The minimum Gasteiger partial charge on any atom is -0.330 e. The van der Waals surface area contributed by atoms with Gasteiger partial charge in [0.2, 0.25) is 5.16 Å². The van der Waals surface area contributed by atoms with Crippen LogP contribution in [0.3, 0.4) is 0 Å². The summed E-state index contributed by atoms with van der Waals surface area (Å²) < 4.78 is 3.96. The van der Waals surface area contributed by atoms with E-state index in [-0.39, 0.29) is 0 Å². The minimum absolute atomic E-state index is 0.699. The number of aromatic nitrogens is 6. The number of aryl methyl sites for hydroxylation is 1. The summed E-state index contributed by atoms with van der Waals surface area (Å²) in [5.41, 5.74) is 4.66. The molecular weight excluding hydrogens is 356 g/mol. The van der Waals surface area contributed by atoms with Gasteiger partial charge in [-0.25, -0.2) is 4.98 Å². The normalized spacial score (nSPS) is 11.0. The van der Waals surface area contributed by atoms with Gasteiger partial charge >= 0.3 is 0 Å². The first-order valence-corrected chi connectivity index (χ1v) is 9.72. The standard InChI is InChI=1S/C20H20N6S/c1-15-7-6-10-18(16(15)2)26-20(22-23-24-26)27-14-19-21-11-12-25(19)13-17-8-4-3-5-9-17/h3-12H,13-14H2,1-2H3. The van der Waals surface area contributed by atoms with Crippen molar-refractivity contribution in [2.24, 2.45) is 0 Å². The summed E-state index contributed by atoms with van der Waals surface area (Å²) in [6.07, 6.45) is 3.85. The van der Waals surface area contributed by atoms with Crippen molar-refractivity contribution in [3.05, 3.63) is 83.4 Å². The van der Waals surface area contributed by atoms with Crippen LogP contribution in [0.25, 0.3) is 5.69 Å². The van der Waals surface area contributed by atoms with Crippen LogP contribution in [0.1, 0.15) is 22.5 Å². The number of tetrazole rings is 1. The third kappa shape index (κ3) is 3.78. The number of thioether (sulfide) groups is 1. The molecular formula is C20H20N6S. The fraction of sp³-hybridized carbons (Fsp3) is 0.200. The summed E-state index contributed by atoms with van der Waals surface area (Å²) in [6.45, 7) is 4.99. The molecule has 0 saturated carbocycles. The third-order valence-electron chi connectivity index (χ3n) is 4.57. The summed E-state index contributed by atoms with van der Waals surface area (Å²) in [4.78, 5) is 4.51. The van der Waals surface area contributed by atoms with Crippen LogP contribution in [0.15, 0.2) is 66.1 Å². The van der Waals surface area contributed by atoms with Crippen molar-refractivity contribution in [1.29, 1.82) is 0 Å². The molecule has 0 N–H and O–H groups in total. The summed E-state index contributed by atoms with van der Waals surface area (Å²) in [7, 11) is 0. The number of rotatable bonds is 6. The van der Waals surface area contributed by atoms with Crippen LogP contribution in [0.4, 0.5) is 0 Å². The molecule has 4 aromatic rings. The van der Waals surface area contributed by atoms with E-state index in [0.29, 0.717) is 5.75 Å². The van der Waals surface area contributed by atoms with Crippen molar-refractivity contribution in [1.82, 2.24) is 29.8 Å². The zero-order valence-corrected chi connectivity index (χ0v) is 16.1. The van der Waals surface area contributed by atoms with E-state index < -0.39 is 0 Å². The highest BCUT2D eigenvalue weighted by Crippen LogP contribution is 2.24. The zero-order chi connectivity index (χ0) is 18.6. The maximum absolute atomic E-state index is 4.51. The van der Waals surface area contributed by atoms with Crippen LogP contribution in [-0.4, -0.2) is 29.8 Å². The van der Waals surface area contributed by atoms with Gasteiger partial charge in [-0.1, -0.05) is 54.2 Å². The van der Waals surface area contributed by atoms with Crippen LogP contribution in [0.2, 0.25) is 0 Å². The highest BCUT2D eigenvalue weighted by atomic mass is 32.2. The maximum atomic E-state index is 4.51. The Bertz CT molecular complexity index is 1040. The molecule has 0 radical (unpaired) electrons. The summed E-state index contributed by atoms with van der Waals surface area (Å²) in [5.74, 6) is 1.70. The Balaban J connectivity index is 1.52. The number of nitrogens with zero attached hydrogens (tertiary/aromatic N) is 6. The van der Waals surface area contributed by atoms with Gasteiger partial charge in [0.1, 0.15) is 5.82 Å². The molecule has 2 heterocycles. The first-order chi connectivity index (χ1) is 13.2. The largest absolute Gasteiger partial charge is 0.330 e. The topological polar surface area (TPSA) is 61.4 Å². The van der Waals surface area contributed by atoms with Crippen molar-refractivity contribution >= 4 is 11.8 Å². The van der Waals surface area contributed by atoms with Crippen molar-refractivity contribution < 1.29 is 0 Å². The Morgan fingerprint density at radius 1 is 1.00 bits per heavy atom. The van der Waals surface area contributed by atoms with Gasteiger partial charge in [0.05, 0.1) is 11.4 Å². The van der Waals surface area contributed by atoms with Gasteiger partial charge in [0.25, 0.3) is 0 Å². The molecule has 27 heavy (non-hydrogen) atoms. The maximum Gasteiger partial charge on any atom is 0.214 e. The van der Waals surface area contributed by atoms with Gasteiger partial charge in [0, 0.05) is 18.9 Å². The monoisotopic (exact) mass is 376 g/mol. The molecule has 0 aliphatic carbocycles. The predicted octanol–water partition coefficient (Wildman–Crippen LogP) is 3.82. The van der Waals surface area contributed by atoms with Crippen LogP contribution in [0.5, 0.6) is 0 Å². The Kier molecular flexibility index (Phi) is 5.02. The van der Waals surface area contributed by atoms with Gasteiger partial charge in [-0.2, -0.15) is 4.68 Å². The lowest BCUT2D eigenvalue weighted by Gasteiger charge is -2.10. The molecule has 0 bridgehead atoms. The van der Waals surface area contributed by atoms with E-state index in [1.807, 2.05) is 30.6 Å². The Morgan fingerprint density at radius 2 is 1.85 bits per heavy atom. The molecule has 136 valence electrons. The summed E-state index contributed by atoms with van der Waals surface area (Å²) in [6, 6.07) is 16.5. The smallest absolute Gasteiger partial charge is 0.214 e. The van der Waals surface area contributed by atoms with Crippen molar-refractivity contribution in [3.63, 3.8) is 0 Å². The molecule has 0 amide bonds. The van der Waals surface area contributed by atoms with E-state index in [2.05, 4.69) is 69.3 Å². The van der Waals surface area contributed by atoms with E-state index in [1.165, 1.54) is 16.7 Å². The Morgan fingerprint density at radius 3 is 2.70 bits per heavy atom. The second-order valence-corrected chi connectivity index (χ2v) is 7.28. The van der Waals surface area contributed by atoms with Crippen LogP contribution >= 0.6 is 11.8 Å². The number of benzene rings is 2. The number of imidazole rings is 1. The molecule has 2 aromatic carbocycles. The molecule has 0 spiro atoms. The lowest BCUT2D eigenvalue weighted by atomic mass is 10.1. The van der Waals surface area contributed by atoms with Gasteiger partial charge in [-0.15, -0.1) is 5.10 Å². The van der Waals surface area contributed by atoms with E-state index in [1.54, 1.807) is 16.4 Å². The van der Waals surface area contributed by atoms with Gasteiger partial charge in [0.15, 0.2) is 0 Å².